The fourth-order valence-corrected chi connectivity index (χ4v) is 5.40. The lowest BCUT2D eigenvalue weighted by Crippen LogP contribution is -2.18. The molecule has 27 heavy (non-hydrogen) atoms. The van der Waals surface area contributed by atoms with Gasteiger partial charge in [-0.3, -0.25) is 0 Å². The van der Waals surface area contributed by atoms with E-state index in [-0.39, 0.29) is 0 Å². The van der Waals surface area contributed by atoms with Gasteiger partial charge in [0.15, 0.2) is 0 Å². The Bertz CT molecular complexity index is 266. The van der Waals surface area contributed by atoms with E-state index >= 15 is 0 Å². The van der Waals surface area contributed by atoms with Crippen LogP contribution in [-0.2, 0) is 0 Å². The predicted molar refractivity (Wildman–Crippen MR) is 131 cm³/mol. The van der Waals surface area contributed by atoms with Crippen molar-refractivity contribution in [3.8, 4) is 0 Å². The van der Waals surface area contributed by atoms with Gasteiger partial charge in [-0.1, -0.05) is 167 Å². The van der Waals surface area contributed by atoms with E-state index in [1.165, 1.54) is 141 Å². The van der Waals surface area contributed by atoms with Crippen molar-refractivity contribution in [1.82, 2.24) is 0 Å². The Morgan fingerprint density at radius 2 is 0.556 bits per heavy atom. The Balaban J connectivity index is 3.01. The minimum atomic E-state index is -0.772. The lowest BCUT2D eigenvalue weighted by molar-refractivity contribution is 0.521. The SMILES string of the molecule is CCCCCCCCCCCCCCCCCCCCCCC[Si](C)(C)C. The highest BCUT2D eigenvalue weighted by molar-refractivity contribution is 6.76. The molecule has 0 saturated heterocycles. The van der Waals surface area contributed by atoms with Gasteiger partial charge in [-0.05, 0) is 0 Å². The van der Waals surface area contributed by atoms with Crippen molar-refractivity contribution >= 4 is 8.07 Å². The van der Waals surface area contributed by atoms with Crippen LogP contribution in [0.5, 0.6) is 0 Å². The first kappa shape index (κ1) is 27.2. The normalized spacial score (nSPS) is 12.0. The summed E-state index contributed by atoms with van der Waals surface area (Å²) < 4.78 is 0. The molecule has 0 aromatic carbocycles. The van der Waals surface area contributed by atoms with E-state index in [4.69, 9.17) is 0 Å². The van der Waals surface area contributed by atoms with Gasteiger partial charge in [-0.15, -0.1) is 0 Å². The highest BCUT2D eigenvalue weighted by Crippen LogP contribution is 2.17. The average Bonchev–Trinajstić information content (AvgIpc) is 2.62. The third-order valence-corrected chi connectivity index (χ3v) is 7.88. The maximum absolute atomic E-state index is 2.50. The molecule has 0 aliphatic carbocycles. The van der Waals surface area contributed by atoms with E-state index in [1.54, 1.807) is 0 Å². The Hall–Kier alpha value is 0.217. The molecule has 0 nitrogen and oxygen atoms in total. The molecule has 0 amide bonds. The van der Waals surface area contributed by atoms with Gasteiger partial charge < -0.3 is 0 Å². The molecule has 0 N–H and O–H groups in total. The molecule has 0 saturated carbocycles. The highest BCUT2D eigenvalue weighted by Gasteiger charge is 2.11. The lowest BCUT2D eigenvalue weighted by atomic mass is 10.0. The second-order valence-corrected chi connectivity index (χ2v) is 16.0. The first-order valence-corrected chi connectivity index (χ1v) is 16.8. The van der Waals surface area contributed by atoms with Gasteiger partial charge in [0.05, 0.1) is 0 Å². The summed E-state index contributed by atoms with van der Waals surface area (Å²) in [5.41, 5.74) is 0. The Morgan fingerprint density at radius 1 is 0.333 bits per heavy atom. The summed E-state index contributed by atoms with van der Waals surface area (Å²) in [6.07, 6.45) is 31.1. The summed E-state index contributed by atoms with van der Waals surface area (Å²) >= 11 is 0. The monoisotopic (exact) mass is 396 g/mol. The molecule has 0 spiro atoms. The molecule has 1 heteroatoms. The molecular weight excluding hydrogens is 340 g/mol. The minimum Gasteiger partial charge on any atom is -0.0695 e. The van der Waals surface area contributed by atoms with Crippen molar-refractivity contribution in [1.29, 1.82) is 0 Å². The van der Waals surface area contributed by atoms with Gasteiger partial charge in [-0.25, -0.2) is 0 Å². The fourth-order valence-electron chi connectivity index (χ4n) is 4.09. The van der Waals surface area contributed by atoms with Crippen molar-refractivity contribution in [3.05, 3.63) is 0 Å². The second kappa shape index (κ2) is 20.9. The summed E-state index contributed by atoms with van der Waals surface area (Å²) in [5.74, 6) is 0. The largest absolute Gasteiger partial charge is 0.0695 e. The molecule has 0 heterocycles. The van der Waals surface area contributed by atoms with Gasteiger partial charge >= 0.3 is 0 Å². The summed E-state index contributed by atoms with van der Waals surface area (Å²) in [4.78, 5) is 0. The van der Waals surface area contributed by atoms with Crippen molar-refractivity contribution < 1.29 is 0 Å². The smallest absolute Gasteiger partial charge is 0.0442 e. The Morgan fingerprint density at radius 3 is 0.778 bits per heavy atom. The molecular formula is C26H56Si. The van der Waals surface area contributed by atoms with Crippen LogP contribution in [0.15, 0.2) is 0 Å². The topological polar surface area (TPSA) is 0 Å². The number of unbranched alkanes of at least 4 members (excludes halogenated alkanes) is 20. The van der Waals surface area contributed by atoms with E-state index < -0.39 is 8.07 Å². The quantitative estimate of drug-likeness (QED) is 0.126. The van der Waals surface area contributed by atoms with Gasteiger partial charge in [-0.2, -0.15) is 0 Å². The first-order chi connectivity index (χ1) is 13.1. The third-order valence-electron chi connectivity index (χ3n) is 6.03. The zero-order valence-electron chi connectivity index (χ0n) is 20.1. The van der Waals surface area contributed by atoms with Gasteiger partial charge in [0, 0.05) is 8.07 Å². The van der Waals surface area contributed by atoms with Gasteiger partial charge in [0.2, 0.25) is 0 Å². The van der Waals surface area contributed by atoms with Gasteiger partial charge in [0.25, 0.3) is 0 Å². The maximum Gasteiger partial charge on any atom is 0.0442 e. The summed E-state index contributed by atoms with van der Waals surface area (Å²) in [6.45, 7) is 9.81. The van der Waals surface area contributed by atoms with E-state index in [2.05, 4.69) is 26.6 Å². The van der Waals surface area contributed by atoms with Crippen molar-refractivity contribution in [3.63, 3.8) is 0 Å². The van der Waals surface area contributed by atoms with Crippen LogP contribution < -0.4 is 0 Å². The van der Waals surface area contributed by atoms with Crippen LogP contribution in [0.3, 0.4) is 0 Å². The first-order valence-electron chi connectivity index (χ1n) is 13.1. The molecule has 164 valence electrons. The molecule has 0 rings (SSSR count). The van der Waals surface area contributed by atoms with Crippen LogP contribution in [0.2, 0.25) is 25.7 Å². The lowest BCUT2D eigenvalue weighted by Gasteiger charge is -2.14. The van der Waals surface area contributed by atoms with E-state index in [1.807, 2.05) is 0 Å². The van der Waals surface area contributed by atoms with Crippen molar-refractivity contribution in [2.45, 2.75) is 167 Å². The number of rotatable bonds is 22. The van der Waals surface area contributed by atoms with Crippen LogP contribution in [0.4, 0.5) is 0 Å². The van der Waals surface area contributed by atoms with E-state index in [0.29, 0.717) is 0 Å². The predicted octanol–water partition coefficient (Wildman–Crippen LogP) is 10.5. The molecule has 0 fully saturated rings. The zero-order valence-corrected chi connectivity index (χ0v) is 21.1. The number of hydrogen-bond acceptors (Lipinski definition) is 0. The second-order valence-electron chi connectivity index (χ2n) is 10.4. The minimum absolute atomic E-state index is 0.772. The summed E-state index contributed by atoms with van der Waals surface area (Å²) in [5, 5.41) is 0. The molecule has 0 bridgehead atoms. The van der Waals surface area contributed by atoms with E-state index in [9.17, 15) is 0 Å². The standard InChI is InChI=1S/C26H56Si/c1-5-6-7-8-9-10-11-12-13-14-15-16-17-18-19-20-21-22-23-24-25-26-27(2,3)4/h5-26H2,1-4H3. The van der Waals surface area contributed by atoms with Crippen LogP contribution >= 0.6 is 0 Å². The summed E-state index contributed by atoms with van der Waals surface area (Å²) in [7, 11) is -0.772. The van der Waals surface area contributed by atoms with Crippen LogP contribution in [0.1, 0.15) is 142 Å². The molecule has 0 aromatic rings. The van der Waals surface area contributed by atoms with Crippen LogP contribution in [-0.4, -0.2) is 8.07 Å². The molecule has 0 aliphatic heterocycles. The fraction of sp³-hybridized carbons (Fsp3) is 1.00. The Kier molecular flexibility index (Phi) is 21.1. The molecule has 0 unspecified atom stereocenters. The summed E-state index contributed by atoms with van der Waals surface area (Å²) in [6, 6.07) is 1.53. The van der Waals surface area contributed by atoms with Gasteiger partial charge in [0.1, 0.15) is 0 Å². The molecule has 0 atom stereocenters. The number of hydrogen-bond donors (Lipinski definition) is 0. The highest BCUT2D eigenvalue weighted by atomic mass is 28.3. The molecule has 0 aliphatic rings. The van der Waals surface area contributed by atoms with Crippen LogP contribution in [0, 0.1) is 0 Å². The van der Waals surface area contributed by atoms with E-state index in [0.717, 1.165) is 0 Å². The average molecular weight is 397 g/mol. The Labute approximate surface area is 175 Å². The van der Waals surface area contributed by atoms with Crippen LogP contribution in [0.25, 0.3) is 0 Å². The zero-order chi connectivity index (χ0) is 20.1. The van der Waals surface area contributed by atoms with Crippen molar-refractivity contribution in [2.24, 2.45) is 0 Å². The maximum atomic E-state index is 2.50. The van der Waals surface area contributed by atoms with Crippen molar-refractivity contribution in [2.75, 3.05) is 0 Å². The third kappa shape index (κ3) is 26.2. The molecule has 0 aromatic heterocycles. The molecule has 0 radical (unpaired) electrons.